The van der Waals surface area contributed by atoms with Crippen molar-refractivity contribution in [3.63, 3.8) is 0 Å². The van der Waals surface area contributed by atoms with Gasteiger partial charge in [-0.25, -0.2) is 4.79 Å². The monoisotopic (exact) mass is 182 g/mol. The molecule has 0 atom stereocenters. The molecule has 0 saturated heterocycles. The summed E-state index contributed by atoms with van der Waals surface area (Å²) in [6, 6.07) is 9.43. The summed E-state index contributed by atoms with van der Waals surface area (Å²) in [7, 11) is 0. The molecule has 0 bridgehead atoms. The number of urea groups is 1. The third-order valence-electron chi connectivity index (χ3n) is 0.940. The van der Waals surface area contributed by atoms with Crippen LogP contribution >= 0.6 is 0 Å². The van der Waals surface area contributed by atoms with Crippen LogP contribution in [0.1, 0.15) is 5.56 Å². The topological polar surface area (TPSA) is 86.2 Å². The van der Waals surface area contributed by atoms with Gasteiger partial charge < -0.3 is 16.3 Å². The predicted octanol–water partition coefficient (Wildman–Crippen LogP) is 0.834. The minimum atomic E-state index is -0.833. The van der Waals surface area contributed by atoms with Gasteiger partial charge in [0.15, 0.2) is 0 Å². The van der Waals surface area contributed by atoms with Gasteiger partial charge in [0.2, 0.25) is 0 Å². The lowest BCUT2D eigenvalue weighted by Crippen LogP contribution is -2.18. The molecule has 0 heterocycles. The molecule has 0 aliphatic carbocycles. The Morgan fingerprint density at radius 1 is 1.15 bits per heavy atom. The molecule has 0 fully saturated rings. The summed E-state index contributed by atoms with van der Waals surface area (Å²) in [5, 5.41) is 0. The number of aryl methyl sites for hydroxylation is 1. The zero-order valence-electron chi connectivity index (χ0n) is 7.57. The maximum atomic E-state index is 9.00. The number of carbonyl (C=O) groups is 2. The van der Waals surface area contributed by atoms with Gasteiger partial charge in [-0.15, -0.1) is 0 Å². The van der Waals surface area contributed by atoms with Crippen LogP contribution in [0.3, 0.4) is 0 Å². The molecule has 72 valence electrons. The third-order valence-corrected chi connectivity index (χ3v) is 0.940. The Morgan fingerprint density at radius 2 is 1.46 bits per heavy atom. The van der Waals surface area contributed by atoms with E-state index in [9.17, 15) is 0 Å². The molecule has 1 aromatic carbocycles. The first-order valence-corrected chi connectivity index (χ1v) is 3.48. The second kappa shape index (κ2) is 10.2. The van der Waals surface area contributed by atoms with Crippen LogP contribution < -0.4 is 11.5 Å². The molecular weight excluding hydrogens is 168 g/mol. The molecule has 0 unspecified atom stereocenters. The van der Waals surface area contributed by atoms with E-state index in [4.69, 9.17) is 9.59 Å². The minimum Gasteiger partial charge on any atom is -0.352 e. The smallest absolute Gasteiger partial charge is 0.309 e. The normalized spacial score (nSPS) is 6.85. The van der Waals surface area contributed by atoms with Crippen molar-refractivity contribution in [3.05, 3.63) is 35.9 Å². The van der Waals surface area contributed by atoms with Gasteiger partial charge in [0.05, 0.1) is 0 Å². The summed E-state index contributed by atoms with van der Waals surface area (Å²) in [5.41, 5.74) is 9.82. The molecule has 0 aliphatic heterocycles. The fourth-order valence-electron chi connectivity index (χ4n) is 0.534. The molecule has 13 heavy (non-hydrogen) atoms. The standard InChI is InChI=1S/C7H8.CH4N2O.CH2O/c1-7-5-3-2-4-6-7;2-1(3)4;1-2/h2-6H,1H3;(H4,2,3,4);1H2. The van der Waals surface area contributed by atoms with Crippen molar-refractivity contribution in [1.82, 2.24) is 0 Å². The van der Waals surface area contributed by atoms with Gasteiger partial charge in [-0.05, 0) is 6.92 Å². The Kier molecular flexibility index (Phi) is 10.7. The Bertz CT molecular complexity index is 220. The van der Waals surface area contributed by atoms with Gasteiger partial charge in [-0.1, -0.05) is 35.9 Å². The van der Waals surface area contributed by atoms with E-state index in [1.807, 2.05) is 25.0 Å². The van der Waals surface area contributed by atoms with Crippen LogP contribution in [0.15, 0.2) is 30.3 Å². The van der Waals surface area contributed by atoms with E-state index < -0.39 is 6.03 Å². The number of hydrogen-bond acceptors (Lipinski definition) is 2. The lowest BCUT2D eigenvalue weighted by Gasteiger charge is -1.82. The van der Waals surface area contributed by atoms with Gasteiger partial charge in [0, 0.05) is 0 Å². The van der Waals surface area contributed by atoms with Gasteiger partial charge >= 0.3 is 6.03 Å². The predicted molar refractivity (Wildman–Crippen MR) is 52.1 cm³/mol. The molecule has 0 aliphatic rings. The Balaban J connectivity index is 0. The van der Waals surface area contributed by atoms with Crippen LogP contribution in [-0.4, -0.2) is 12.8 Å². The van der Waals surface area contributed by atoms with Crippen LogP contribution in [0.4, 0.5) is 4.79 Å². The first-order valence-electron chi connectivity index (χ1n) is 3.48. The second-order valence-corrected chi connectivity index (χ2v) is 2.06. The Morgan fingerprint density at radius 3 is 1.62 bits per heavy atom. The summed E-state index contributed by atoms with van der Waals surface area (Å²) >= 11 is 0. The highest BCUT2D eigenvalue weighted by atomic mass is 16.2. The van der Waals surface area contributed by atoms with E-state index in [-0.39, 0.29) is 0 Å². The van der Waals surface area contributed by atoms with Crippen molar-refractivity contribution in [1.29, 1.82) is 0 Å². The summed E-state index contributed by atoms with van der Waals surface area (Å²) < 4.78 is 0. The highest BCUT2D eigenvalue weighted by Gasteiger charge is 1.72. The number of primary amides is 2. The van der Waals surface area contributed by atoms with Crippen molar-refractivity contribution in [3.8, 4) is 0 Å². The summed E-state index contributed by atoms with van der Waals surface area (Å²) in [5.74, 6) is 0. The quantitative estimate of drug-likeness (QED) is 0.622. The third kappa shape index (κ3) is 17.8. The van der Waals surface area contributed by atoms with Crippen molar-refractivity contribution >= 4 is 12.8 Å². The Hall–Kier alpha value is -1.84. The molecule has 1 aromatic rings. The van der Waals surface area contributed by atoms with Crippen molar-refractivity contribution in [2.75, 3.05) is 0 Å². The van der Waals surface area contributed by atoms with E-state index in [1.165, 1.54) is 5.56 Å². The van der Waals surface area contributed by atoms with Crippen molar-refractivity contribution in [2.45, 2.75) is 6.92 Å². The fourth-order valence-corrected chi connectivity index (χ4v) is 0.534. The van der Waals surface area contributed by atoms with Crippen LogP contribution in [0.25, 0.3) is 0 Å². The maximum absolute atomic E-state index is 9.00. The average molecular weight is 182 g/mol. The molecule has 2 amide bonds. The lowest BCUT2D eigenvalue weighted by atomic mass is 10.2. The zero-order valence-corrected chi connectivity index (χ0v) is 7.57. The van der Waals surface area contributed by atoms with Crippen LogP contribution in [0.2, 0.25) is 0 Å². The average Bonchev–Trinajstić information content (AvgIpc) is 2.08. The van der Waals surface area contributed by atoms with Crippen LogP contribution in [-0.2, 0) is 4.79 Å². The Labute approximate surface area is 77.5 Å². The van der Waals surface area contributed by atoms with Gasteiger partial charge in [0.1, 0.15) is 6.79 Å². The van der Waals surface area contributed by atoms with E-state index in [0.29, 0.717) is 0 Å². The van der Waals surface area contributed by atoms with E-state index in [1.54, 1.807) is 0 Å². The minimum absolute atomic E-state index is 0.833. The molecule has 4 N–H and O–H groups in total. The highest BCUT2D eigenvalue weighted by Crippen LogP contribution is 1.92. The zero-order chi connectivity index (χ0) is 10.7. The van der Waals surface area contributed by atoms with Gasteiger partial charge in [-0.3, -0.25) is 0 Å². The van der Waals surface area contributed by atoms with E-state index in [2.05, 4.69) is 30.5 Å². The van der Waals surface area contributed by atoms with Crippen molar-refractivity contribution < 1.29 is 9.59 Å². The van der Waals surface area contributed by atoms with Crippen molar-refractivity contribution in [2.24, 2.45) is 11.5 Å². The van der Waals surface area contributed by atoms with E-state index in [0.717, 1.165) is 0 Å². The van der Waals surface area contributed by atoms with Gasteiger partial charge in [0.25, 0.3) is 0 Å². The van der Waals surface area contributed by atoms with Gasteiger partial charge in [-0.2, -0.15) is 0 Å². The largest absolute Gasteiger partial charge is 0.352 e. The molecule has 4 heteroatoms. The van der Waals surface area contributed by atoms with E-state index >= 15 is 0 Å². The lowest BCUT2D eigenvalue weighted by molar-refractivity contribution is -0.0979. The number of nitrogens with two attached hydrogens (primary N) is 2. The first-order chi connectivity index (χ1) is 6.13. The number of rotatable bonds is 0. The molecule has 0 spiro atoms. The number of benzene rings is 1. The maximum Gasteiger partial charge on any atom is 0.309 e. The molecule has 0 saturated carbocycles. The molecular formula is C9H14N2O2. The van der Waals surface area contributed by atoms with Crippen LogP contribution in [0, 0.1) is 6.92 Å². The molecule has 1 rings (SSSR count). The molecule has 4 nitrogen and oxygen atoms in total. The summed E-state index contributed by atoms with van der Waals surface area (Å²) in [6.45, 7) is 4.08. The summed E-state index contributed by atoms with van der Waals surface area (Å²) in [4.78, 5) is 17.0. The number of carbonyl (C=O) groups excluding carboxylic acids is 2. The SMILES string of the molecule is C=O.Cc1ccccc1.NC(N)=O. The molecule has 0 radical (unpaired) electrons. The number of amides is 2. The summed E-state index contributed by atoms with van der Waals surface area (Å²) in [6.07, 6.45) is 0. The van der Waals surface area contributed by atoms with Crippen LogP contribution in [0.5, 0.6) is 0 Å². The molecule has 0 aromatic heterocycles. The second-order valence-electron chi connectivity index (χ2n) is 2.06. The highest BCUT2D eigenvalue weighted by molar-refractivity contribution is 5.69. The first kappa shape index (κ1) is 13.7. The number of hydrogen-bond donors (Lipinski definition) is 2. The fraction of sp³-hybridized carbons (Fsp3) is 0.111.